The molecule has 0 saturated carbocycles. The first-order chi connectivity index (χ1) is 13.0. The fourth-order valence-corrected chi connectivity index (χ4v) is 4.08. The summed E-state index contributed by atoms with van der Waals surface area (Å²) >= 11 is 0. The zero-order chi connectivity index (χ0) is 19.1. The maximum absolute atomic E-state index is 12.1. The lowest BCUT2D eigenvalue weighted by Gasteiger charge is -2.29. The van der Waals surface area contributed by atoms with Crippen LogP contribution < -0.4 is 15.3 Å². The van der Waals surface area contributed by atoms with Crippen molar-refractivity contribution in [2.75, 3.05) is 13.3 Å². The van der Waals surface area contributed by atoms with Crippen molar-refractivity contribution in [2.45, 2.75) is 40.2 Å². The molecule has 0 spiro atoms. The van der Waals surface area contributed by atoms with Crippen LogP contribution in [-0.2, 0) is 6.54 Å². The highest BCUT2D eigenvalue weighted by molar-refractivity contribution is 5.86. The van der Waals surface area contributed by atoms with Gasteiger partial charge in [0.1, 0.15) is 17.9 Å². The van der Waals surface area contributed by atoms with Gasteiger partial charge >= 0.3 is 5.63 Å². The summed E-state index contributed by atoms with van der Waals surface area (Å²) in [5.74, 6) is 1.35. The number of hydrogen-bond acceptors (Lipinski definition) is 3. The van der Waals surface area contributed by atoms with E-state index < -0.39 is 0 Å². The van der Waals surface area contributed by atoms with Crippen LogP contribution in [0.5, 0.6) is 5.75 Å². The molecule has 3 aromatic rings. The van der Waals surface area contributed by atoms with Gasteiger partial charge < -0.3 is 9.15 Å². The van der Waals surface area contributed by atoms with E-state index in [4.69, 9.17) is 9.15 Å². The number of nitrogens with one attached hydrogen (secondary N) is 1. The summed E-state index contributed by atoms with van der Waals surface area (Å²) in [7, 11) is 0. The quantitative estimate of drug-likeness (QED) is 0.726. The second kappa shape index (κ2) is 6.86. The molecule has 0 fully saturated rings. The van der Waals surface area contributed by atoms with Gasteiger partial charge in [0.2, 0.25) is 6.73 Å². The van der Waals surface area contributed by atoms with Gasteiger partial charge in [0, 0.05) is 28.0 Å². The second-order valence-corrected chi connectivity index (χ2v) is 7.74. The third-order valence-electron chi connectivity index (χ3n) is 5.83. The first-order valence-corrected chi connectivity index (χ1v) is 9.53. The number of fused-ring (bicyclic) bond motifs is 2. The van der Waals surface area contributed by atoms with Crippen LogP contribution in [-0.4, -0.2) is 13.3 Å². The van der Waals surface area contributed by atoms with E-state index in [0.717, 1.165) is 35.4 Å². The molecule has 0 aliphatic carbocycles. The first kappa shape index (κ1) is 17.8. The lowest BCUT2D eigenvalue weighted by Crippen LogP contribution is -3.12. The first-order valence-electron chi connectivity index (χ1n) is 9.53. The SMILES string of the molecule is Cc1c(C)c2cc3c(c(C)c2oc1=O)OC[NH+](C[C@@H](C)c1ccccc1)C3. The number of ether oxygens (including phenoxy) is 1. The summed E-state index contributed by atoms with van der Waals surface area (Å²) in [6.07, 6.45) is 0. The molecule has 2 heterocycles. The molecule has 140 valence electrons. The van der Waals surface area contributed by atoms with Crippen molar-refractivity contribution in [1.29, 1.82) is 0 Å². The van der Waals surface area contributed by atoms with Crippen LogP contribution in [0.25, 0.3) is 11.0 Å². The van der Waals surface area contributed by atoms with E-state index >= 15 is 0 Å². The van der Waals surface area contributed by atoms with Crippen molar-refractivity contribution >= 4 is 11.0 Å². The van der Waals surface area contributed by atoms with Crippen LogP contribution in [0.1, 0.15) is 40.7 Å². The fraction of sp³-hybridized carbons (Fsp3) is 0.348. The third-order valence-corrected chi connectivity index (χ3v) is 5.83. The smallest absolute Gasteiger partial charge is 0.339 e. The summed E-state index contributed by atoms with van der Waals surface area (Å²) in [6.45, 7) is 10.6. The molecule has 1 aromatic heterocycles. The Labute approximate surface area is 159 Å². The Morgan fingerprint density at radius 2 is 1.81 bits per heavy atom. The normalized spacial score (nSPS) is 17.4. The maximum Gasteiger partial charge on any atom is 0.339 e. The van der Waals surface area contributed by atoms with Crippen LogP contribution in [0.2, 0.25) is 0 Å². The Morgan fingerprint density at radius 1 is 1.07 bits per heavy atom. The number of hydrogen-bond donors (Lipinski definition) is 1. The van der Waals surface area contributed by atoms with E-state index in [0.29, 0.717) is 23.8 Å². The average Bonchev–Trinajstić information content (AvgIpc) is 2.68. The molecule has 0 radical (unpaired) electrons. The molecule has 1 aliphatic rings. The Hall–Kier alpha value is -2.59. The van der Waals surface area contributed by atoms with Crippen LogP contribution in [0.4, 0.5) is 0 Å². The van der Waals surface area contributed by atoms with Gasteiger partial charge in [0.25, 0.3) is 0 Å². The summed E-state index contributed by atoms with van der Waals surface area (Å²) in [5, 5.41) is 1.02. The highest BCUT2D eigenvalue weighted by Gasteiger charge is 2.26. The van der Waals surface area contributed by atoms with Crippen molar-refractivity contribution in [1.82, 2.24) is 0 Å². The standard InChI is InChI=1S/C23H25NO3/c1-14(18-8-6-5-7-9-18)11-24-12-19-10-20-15(2)16(3)23(25)27-22(20)17(4)21(19)26-13-24/h5-10,14H,11-13H2,1-4H3/p+1/t14-/m1/s1. The van der Waals surface area contributed by atoms with Gasteiger partial charge in [0.05, 0.1) is 6.54 Å². The van der Waals surface area contributed by atoms with Crippen molar-refractivity contribution in [3.8, 4) is 5.75 Å². The molecule has 27 heavy (non-hydrogen) atoms. The van der Waals surface area contributed by atoms with Crippen molar-refractivity contribution in [2.24, 2.45) is 0 Å². The van der Waals surface area contributed by atoms with Crippen LogP contribution in [0.3, 0.4) is 0 Å². The minimum absolute atomic E-state index is 0.261. The lowest BCUT2D eigenvalue weighted by molar-refractivity contribution is -0.933. The van der Waals surface area contributed by atoms with Crippen molar-refractivity contribution in [3.05, 3.63) is 74.6 Å². The van der Waals surface area contributed by atoms with E-state index in [-0.39, 0.29) is 5.63 Å². The molecule has 0 amide bonds. The van der Waals surface area contributed by atoms with Gasteiger partial charge in [-0.1, -0.05) is 37.3 Å². The molecule has 4 nitrogen and oxygen atoms in total. The molecule has 2 atom stereocenters. The van der Waals surface area contributed by atoms with Gasteiger partial charge in [0.15, 0.2) is 0 Å². The largest absolute Gasteiger partial charge is 0.444 e. The summed E-state index contributed by atoms with van der Waals surface area (Å²) in [4.78, 5) is 13.5. The fourth-order valence-electron chi connectivity index (χ4n) is 4.08. The molecule has 1 unspecified atom stereocenters. The minimum atomic E-state index is -0.261. The maximum atomic E-state index is 12.1. The Bertz CT molecular complexity index is 1050. The van der Waals surface area contributed by atoms with Crippen LogP contribution >= 0.6 is 0 Å². The predicted molar refractivity (Wildman–Crippen MR) is 107 cm³/mol. The van der Waals surface area contributed by atoms with Gasteiger partial charge in [-0.3, -0.25) is 4.90 Å². The molecule has 2 aromatic carbocycles. The Balaban J connectivity index is 1.66. The zero-order valence-electron chi connectivity index (χ0n) is 16.4. The molecule has 0 bridgehead atoms. The molecule has 4 heteroatoms. The van der Waals surface area contributed by atoms with E-state index in [1.54, 1.807) is 0 Å². The molecule has 0 saturated heterocycles. The molecular formula is C23H26NO3+. The van der Waals surface area contributed by atoms with E-state index in [9.17, 15) is 4.79 Å². The molecular weight excluding hydrogens is 338 g/mol. The van der Waals surface area contributed by atoms with Gasteiger partial charge in [-0.2, -0.15) is 0 Å². The lowest BCUT2D eigenvalue weighted by atomic mass is 9.98. The molecule has 4 rings (SSSR count). The van der Waals surface area contributed by atoms with Crippen molar-refractivity contribution < 1.29 is 14.1 Å². The van der Waals surface area contributed by atoms with Gasteiger partial charge in [-0.15, -0.1) is 0 Å². The van der Waals surface area contributed by atoms with Crippen LogP contribution in [0, 0.1) is 20.8 Å². The topological polar surface area (TPSA) is 43.9 Å². The zero-order valence-corrected chi connectivity index (χ0v) is 16.4. The number of rotatable bonds is 3. The summed E-state index contributed by atoms with van der Waals surface area (Å²) in [5.41, 5.74) is 5.55. The highest BCUT2D eigenvalue weighted by Crippen LogP contribution is 2.33. The van der Waals surface area contributed by atoms with E-state index in [1.165, 1.54) is 16.0 Å². The number of benzene rings is 2. The Morgan fingerprint density at radius 3 is 2.56 bits per heavy atom. The number of aryl methyl sites for hydroxylation is 2. The van der Waals surface area contributed by atoms with Crippen LogP contribution in [0.15, 0.2) is 45.6 Å². The second-order valence-electron chi connectivity index (χ2n) is 7.74. The monoisotopic (exact) mass is 364 g/mol. The van der Waals surface area contributed by atoms with Gasteiger partial charge in [-0.25, -0.2) is 4.79 Å². The van der Waals surface area contributed by atoms with E-state index in [2.05, 4.69) is 43.3 Å². The summed E-state index contributed by atoms with van der Waals surface area (Å²) in [6, 6.07) is 12.8. The minimum Gasteiger partial charge on any atom is -0.444 e. The predicted octanol–water partition coefficient (Wildman–Crippen LogP) is 3.26. The molecule has 1 aliphatic heterocycles. The average molecular weight is 364 g/mol. The van der Waals surface area contributed by atoms with Crippen molar-refractivity contribution in [3.63, 3.8) is 0 Å². The Kier molecular flexibility index (Phi) is 4.52. The third kappa shape index (κ3) is 3.15. The van der Waals surface area contributed by atoms with E-state index in [1.807, 2.05) is 20.8 Å². The highest BCUT2D eigenvalue weighted by atomic mass is 16.5. The number of quaternary nitrogens is 1. The summed E-state index contributed by atoms with van der Waals surface area (Å²) < 4.78 is 11.7. The molecule has 1 N–H and O–H groups in total. The van der Waals surface area contributed by atoms with Gasteiger partial charge in [-0.05, 0) is 38.0 Å².